The van der Waals surface area contributed by atoms with E-state index in [1.165, 1.54) is 0 Å². The molecule has 7 heteroatoms. The molecule has 0 spiro atoms. The largest absolute Gasteiger partial charge is 0.492 e. The molecule has 26 heavy (non-hydrogen) atoms. The monoisotopic (exact) mass is 375 g/mol. The van der Waals surface area contributed by atoms with Crippen LogP contribution in [0.1, 0.15) is 11.1 Å². The highest BCUT2D eigenvalue weighted by atomic mass is 35.5. The van der Waals surface area contributed by atoms with Gasteiger partial charge >= 0.3 is 5.97 Å². The van der Waals surface area contributed by atoms with E-state index in [4.69, 9.17) is 31.5 Å². The molecule has 0 aliphatic carbocycles. The van der Waals surface area contributed by atoms with Gasteiger partial charge < -0.3 is 19.9 Å². The molecule has 1 heterocycles. The number of esters is 1. The van der Waals surface area contributed by atoms with Crippen LogP contribution >= 0.6 is 11.6 Å². The molecule has 2 aromatic carbocycles. The van der Waals surface area contributed by atoms with Gasteiger partial charge in [0.25, 0.3) is 5.91 Å². The first-order chi connectivity index (χ1) is 12.5. The maximum absolute atomic E-state index is 12.3. The van der Waals surface area contributed by atoms with Gasteiger partial charge in [0.1, 0.15) is 24.7 Å². The molecule has 0 fully saturated rings. The summed E-state index contributed by atoms with van der Waals surface area (Å²) >= 11 is 5.99. The predicted octanol–water partition coefficient (Wildman–Crippen LogP) is 2.50. The fraction of sp³-hybridized carbons (Fsp3) is 0.263. The second-order valence-electron chi connectivity index (χ2n) is 5.97. The van der Waals surface area contributed by atoms with E-state index >= 15 is 0 Å². The van der Waals surface area contributed by atoms with Crippen molar-refractivity contribution in [2.45, 2.75) is 13.0 Å². The first-order valence-electron chi connectivity index (χ1n) is 8.09. The number of fused-ring (bicyclic) bond motifs is 1. The van der Waals surface area contributed by atoms with Crippen molar-refractivity contribution in [2.75, 3.05) is 13.2 Å². The van der Waals surface area contributed by atoms with Crippen LogP contribution in [0.25, 0.3) is 0 Å². The van der Waals surface area contributed by atoms with Crippen molar-refractivity contribution in [1.82, 2.24) is 0 Å². The molecule has 0 radical (unpaired) electrons. The van der Waals surface area contributed by atoms with Crippen molar-refractivity contribution in [3.05, 3.63) is 58.6 Å². The number of nitrogens with two attached hydrogens (primary N) is 1. The van der Waals surface area contributed by atoms with Gasteiger partial charge in [0.15, 0.2) is 6.61 Å². The maximum Gasteiger partial charge on any atom is 0.313 e. The lowest BCUT2D eigenvalue weighted by Crippen LogP contribution is -2.29. The minimum absolute atomic E-state index is 0.103. The molecule has 1 atom stereocenters. The van der Waals surface area contributed by atoms with Crippen LogP contribution in [-0.2, 0) is 27.4 Å². The molecular formula is C19H18ClNO5. The van der Waals surface area contributed by atoms with E-state index in [0.29, 0.717) is 17.2 Å². The van der Waals surface area contributed by atoms with Gasteiger partial charge in [-0.05, 0) is 47.9 Å². The Bertz CT molecular complexity index is 823. The number of ether oxygens (including phenoxy) is 3. The number of rotatable bonds is 6. The van der Waals surface area contributed by atoms with Gasteiger partial charge in [-0.15, -0.1) is 0 Å². The number of carbonyl (C=O) groups is 2. The van der Waals surface area contributed by atoms with Crippen molar-refractivity contribution in [3.63, 3.8) is 0 Å². The number of hydrogen-bond donors (Lipinski definition) is 1. The summed E-state index contributed by atoms with van der Waals surface area (Å²) in [6.07, 6.45) is 0.524. The number of hydrogen-bond acceptors (Lipinski definition) is 5. The summed E-state index contributed by atoms with van der Waals surface area (Å²) in [6.45, 7) is 0.172. The van der Waals surface area contributed by atoms with E-state index in [1.54, 1.807) is 42.5 Å². The second-order valence-corrected chi connectivity index (χ2v) is 6.41. The van der Waals surface area contributed by atoms with Gasteiger partial charge in [0, 0.05) is 5.02 Å². The zero-order valence-electron chi connectivity index (χ0n) is 13.9. The zero-order chi connectivity index (χ0) is 18.5. The van der Waals surface area contributed by atoms with Crippen LogP contribution in [-0.4, -0.2) is 25.1 Å². The van der Waals surface area contributed by atoms with Crippen LogP contribution in [0.2, 0.25) is 5.02 Å². The van der Waals surface area contributed by atoms with Gasteiger partial charge in [0.2, 0.25) is 0 Å². The lowest BCUT2D eigenvalue weighted by molar-refractivity contribution is -0.151. The van der Waals surface area contributed by atoms with Gasteiger partial charge in [0.05, 0.1) is 5.92 Å². The molecule has 1 unspecified atom stereocenters. The number of halogens is 1. The van der Waals surface area contributed by atoms with Crippen molar-refractivity contribution < 1.29 is 23.8 Å². The van der Waals surface area contributed by atoms with Crippen molar-refractivity contribution >= 4 is 23.5 Å². The summed E-state index contributed by atoms with van der Waals surface area (Å²) in [5.41, 5.74) is 6.70. The lowest BCUT2D eigenvalue weighted by atomic mass is 9.97. The van der Waals surface area contributed by atoms with E-state index in [-0.39, 0.29) is 31.7 Å². The number of primary amides is 1. The van der Waals surface area contributed by atoms with E-state index in [9.17, 15) is 9.59 Å². The molecule has 1 aliphatic heterocycles. The first-order valence-corrected chi connectivity index (χ1v) is 8.47. The number of benzene rings is 2. The van der Waals surface area contributed by atoms with E-state index < -0.39 is 5.91 Å². The molecule has 3 rings (SSSR count). The smallest absolute Gasteiger partial charge is 0.313 e. The minimum atomic E-state index is -0.556. The highest BCUT2D eigenvalue weighted by Gasteiger charge is 2.27. The van der Waals surface area contributed by atoms with Crippen LogP contribution in [0.15, 0.2) is 42.5 Å². The van der Waals surface area contributed by atoms with Gasteiger partial charge in [-0.25, -0.2) is 0 Å². The Morgan fingerprint density at radius 3 is 2.88 bits per heavy atom. The number of amides is 1. The Balaban J connectivity index is 1.56. The quantitative estimate of drug-likeness (QED) is 0.784. The molecule has 0 bridgehead atoms. The molecule has 0 aromatic heterocycles. The van der Waals surface area contributed by atoms with Gasteiger partial charge in [-0.2, -0.15) is 0 Å². The summed E-state index contributed by atoms with van der Waals surface area (Å²) in [5.74, 6) is -0.0338. The molecule has 0 saturated carbocycles. The average Bonchev–Trinajstić information content (AvgIpc) is 2.64. The number of carbonyl (C=O) groups excluding carboxylic acids is 2. The van der Waals surface area contributed by atoms with Crippen LogP contribution in [0, 0.1) is 5.92 Å². The molecule has 136 valence electrons. The molecule has 6 nitrogen and oxygen atoms in total. The Morgan fingerprint density at radius 2 is 2.08 bits per heavy atom. The minimum Gasteiger partial charge on any atom is -0.492 e. The van der Waals surface area contributed by atoms with Crippen molar-refractivity contribution in [2.24, 2.45) is 11.7 Å². The molecule has 1 aliphatic rings. The molecule has 1 amide bonds. The van der Waals surface area contributed by atoms with Crippen molar-refractivity contribution in [3.8, 4) is 11.5 Å². The zero-order valence-corrected chi connectivity index (χ0v) is 14.7. The Morgan fingerprint density at radius 1 is 1.23 bits per heavy atom. The van der Waals surface area contributed by atoms with Crippen LogP contribution < -0.4 is 15.2 Å². The normalized spacial score (nSPS) is 15.5. The SMILES string of the molecule is NC(=O)COc1cccc(COC(=O)C2COc3ccc(Cl)cc3C2)c1. The summed E-state index contributed by atoms with van der Waals surface area (Å²) in [4.78, 5) is 23.1. The van der Waals surface area contributed by atoms with Crippen LogP contribution in [0.5, 0.6) is 11.5 Å². The first kappa shape index (κ1) is 18.1. The Kier molecular flexibility index (Phi) is 5.63. The van der Waals surface area contributed by atoms with Gasteiger partial charge in [-0.1, -0.05) is 23.7 Å². The third-order valence-corrected chi connectivity index (χ3v) is 4.16. The van der Waals surface area contributed by atoms with E-state index in [0.717, 1.165) is 16.9 Å². The summed E-state index contributed by atoms with van der Waals surface area (Å²) in [7, 11) is 0. The Hall–Kier alpha value is -2.73. The third kappa shape index (κ3) is 4.67. The van der Waals surface area contributed by atoms with Gasteiger partial charge in [-0.3, -0.25) is 9.59 Å². The van der Waals surface area contributed by atoms with Crippen molar-refractivity contribution in [1.29, 1.82) is 0 Å². The maximum atomic E-state index is 12.3. The van der Waals surface area contributed by atoms with E-state index in [2.05, 4.69) is 0 Å². The highest BCUT2D eigenvalue weighted by Crippen LogP contribution is 2.30. The molecular weight excluding hydrogens is 358 g/mol. The topological polar surface area (TPSA) is 87.9 Å². The average molecular weight is 376 g/mol. The lowest BCUT2D eigenvalue weighted by Gasteiger charge is -2.24. The second kappa shape index (κ2) is 8.10. The fourth-order valence-corrected chi connectivity index (χ4v) is 2.86. The highest BCUT2D eigenvalue weighted by molar-refractivity contribution is 6.30. The van der Waals surface area contributed by atoms with Crippen LogP contribution in [0.3, 0.4) is 0 Å². The molecule has 2 N–H and O–H groups in total. The van der Waals surface area contributed by atoms with E-state index in [1.807, 2.05) is 0 Å². The van der Waals surface area contributed by atoms with Crippen LogP contribution in [0.4, 0.5) is 0 Å². The fourth-order valence-electron chi connectivity index (χ4n) is 2.67. The Labute approximate surface area is 155 Å². The molecule has 2 aromatic rings. The summed E-state index contributed by atoms with van der Waals surface area (Å²) in [5, 5.41) is 0.606. The third-order valence-electron chi connectivity index (χ3n) is 3.92. The molecule has 0 saturated heterocycles. The standard InChI is InChI=1S/C19H18ClNO5/c20-15-4-5-17-13(8-15)7-14(10-25-17)19(23)26-9-12-2-1-3-16(6-12)24-11-18(21)22/h1-6,8,14H,7,9-11H2,(H2,21,22). The summed E-state index contributed by atoms with van der Waals surface area (Å²) < 4.78 is 16.2. The predicted molar refractivity (Wildman–Crippen MR) is 95.1 cm³/mol. The summed E-state index contributed by atoms with van der Waals surface area (Å²) in [6, 6.07) is 12.3.